The van der Waals surface area contributed by atoms with E-state index < -0.39 is 17.7 Å². The molecule has 0 aromatic heterocycles. The van der Waals surface area contributed by atoms with E-state index in [9.17, 15) is 13.6 Å². The van der Waals surface area contributed by atoms with Gasteiger partial charge >= 0.3 is 0 Å². The molecule has 7 heteroatoms. The number of amides is 1. The molecule has 1 fully saturated rings. The van der Waals surface area contributed by atoms with Crippen LogP contribution in [0.5, 0.6) is 5.75 Å². The molecule has 0 saturated carbocycles. The van der Waals surface area contributed by atoms with Crippen molar-refractivity contribution < 1.29 is 18.3 Å². The average molecular weight is 395 g/mol. The van der Waals surface area contributed by atoms with Gasteiger partial charge in [-0.05, 0) is 19.1 Å². The predicted molar refractivity (Wildman–Crippen MR) is 103 cm³/mol. The smallest absolute Gasteiger partial charge is 0.258 e. The van der Waals surface area contributed by atoms with E-state index in [4.69, 9.17) is 4.74 Å². The lowest BCUT2D eigenvalue weighted by atomic mass is 10.1. The third-order valence-corrected chi connectivity index (χ3v) is 7.03. The maximum atomic E-state index is 13.8. The highest BCUT2D eigenvalue weighted by Crippen LogP contribution is 2.48. The fourth-order valence-electron chi connectivity index (χ4n) is 2.70. The predicted octanol–water partition coefficient (Wildman–Crippen LogP) is 4.70. The van der Waals surface area contributed by atoms with Gasteiger partial charge in [0, 0.05) is 28.7 Å². The van der Waals surface area contributed by atoms with E-state index in [-0.39, 0.29) is 18.1 Å². The van der Waals surface area contributed by atoms with E-state index in [0.717, 1.165) is 23.1 Å². The first-order valence-corrected chi connectivity index (χ1v) is 10.3. The van der Waals surface area contributed by atoms with Crippen LogP contribution < -0.4 is 10.1 Å². The zero-order valence-electron chi connectivity index (χ0n) is 14.2. The largest absolute Gasteiger partial charge is 0.483 e. The average Bonchev–Trinajstić information content (AvgIpc) is 3.14. The molecule has 138 valence electrons. The van der Waals surface area contributed by atoms with Crippen molar-refractivity contribution in [2.45, 2.75) is 17.5 Å². The maximum absolute atomic E-state index is 13.8. The number of ether oxygens (including phenoxy) is 1. The molecule has 2 aromatic rings. The second-order valence-corrected chi connectivity index (χ2v) is 8.58. The standard InChI is InChI=1S/C19H19F2NO2S2/c1-12(14-7-6-13(20)10-16(14)21)22-18(23)11-24-17-5-3-2-4-15(17)19-25-8-9-26-19/h2-7,10,12,19H,8-9,11H2,1H3,(H,22,23). The quantitative estimate of drug-likeness (QED) is 0.769. The van der Waals surface area contributed by atoms with Gasteiger partial charge in [0.2, 0.25) is 0 Å². The van der Waals surface area contributed by atoms with Crippen LogP contribution in [0.25, 0.3) is 0 Å². The summed E-state index contributed by atoms with van der Waals surface area (Å²) in [6.07, 6.45) is 0. The monoisotopic (exact) mass is 395 g/mol. The van der Waals surface area contributed by atoms with Crippen LogP contribution in [0.1, 0.15) is 28.7 Å². The first kappa shape index (κ1) is 19.0. The number of nitrogens with one attached hydrogen (secondary N) is 1. The summed E-state index contributed by atoms with van der Waals surface area (Å²) >= 11 is 3.73. The van der Waals surface area contributed by atoms with Gasteiger partial charge in [-0.2, -0.15) is 0 Å². The number of thioether (sulfide) groups is 2. The Morgan fingerprint density at radius 2 is 1.96 bits per heavy atom. The first-order valence-electron chi connectivity index (χ1n) is 8.24. The van der Waals surface area contributed by atoms with Crippen LogP contribution >= 0.6 is 23.5 Å². The van der Waals surface area contributed by atoms with Crippen LogP contribution in [0.4, 0.5) is 8.78 Å². The summed E-state index contributed by atoms with van der Waals surface area (Å²) in [6.45, 7) is 1.49. The SMILES string of the molecule is CC(NC(=O)COc1ccccc1C1SCCS1)c1ccc(F)cc1F. The fraction of sp³-hybridized carbons (Fsp3) is 0.316. The highest BCUT2D eigenvalue weighted by molar-refractivity contribution is 8.19. The second-order valence-electron chi connectivity index (χ2n) is 5.86. The van der Waals surface area contributed by atoms with Crippen LogP contribution in [0, 0.1) is 11.6 Å². The van der Waals surface area contributed by atoms with E-state index in [1.54, 1.807) is 6.92 Å². The van der Waals surface area contributed by atoms with Crippen molar-refractivity contribution in [2.24, 2.45) is 0 Å². The number of halogens is 2. The summed E-state index contributed by atoms with van der Waals surface area (Å²) in [5, 5.41) is 2.68. The van der Waals surface area contributed by atoms with Gasteiger partial charge in [-0.25, -0.2) is 8.78 Å². The Labute approximate surface area is 159 Å². The van der Waals surface area contributed by atoms with E-state index in [2.05, 4.69) is 5.32 Å². The van der Waals surface area contributed by atoms with E-state index in [0.29, 0.717) is 10.3 Å². The lowest BCUT2D eigenvalue weighted by molar-refractivity contribution is -0.123. The Morgan fingerprint density at radius 3 is 2.69 bits per heavy atom. The van der Waals surface area contributed by atoms with Gasteiger partial charge in [-0.3, -0.25) is 4.79 Å². The number of carbonyl (C=O) groups is 1. The molecular weight excluding hydrogens is 376 g/mol. The number of hydrogen-bond acceptors (Lipinski definition) is 4. The molecule has 1 saturated heterocycles. The van der Waals surface area contributed by atoms with E-state index >= 15 is 0 Å². The van der Waals surface area contributed by atoms with Gasteiger partial charge in [0.25, 0.3) is 5.91 Å². The van der Waals surface area contributed by atoms with Gasteiger partial charge in [0.1, 0.15) is 17.4 Å². The summed E-state index contributed by atoms with van der Waals surface area (Å²) < 4.78 is 32.8. The maximum Gasteiger partial charge on any atom is 0.258 e. The summed E-state index contributed by atoms with van der Waals surface area (Å²) in [4.78, 5) is 12.2. The van der Waals surface area contributed by atoms with Crippen LogP contribution in [-0.2, 0) is 4.79 Å². The summed E-state index contributed by atoms with van der Waals surface area (Å²) in [5.41, 5.74) is 1.31. The van der Waals surface area contributed by atoms with Crippen molar-refractivity contribution in [1.82, 2.24) is 5.32 Å². The first-order chi connectivity index (χ1) is 12.5. The fourth-order valence-corrected chi connectivity index (χ4v) is 5.61. The molecular formula is C19H19F2NO2S2. The third kappa shape index (κ3) is 4.71. The Balaban J connectivity index is 1.59. The van der Waals surface area contributed by atoms with Crippen molar-refractivity contribution in [3.63, 3.8) is 0 Å². The molecule has 0 aliphatic carbocycles. The van der Waals surface area contributed by atoms with Gasteiger partial charge in [0.15, 0.2) is 6.61 Å². The number of para-hydroxylation sites is 1. The Morgan fingerprint density at radius 1 is 1.23 bits per heavy atom. The van der Waals surface area contributed by atoms with Gasteiger partial charge in [-0.1, -0.05) is 24.3 Å². The van der Waals surface area contributed by atoms with Crippen LogP contribution in [0.15, 0.2) is 42.5 Å². The lowest BCUT2D eigenvalue weighted by Crippen LogP contribution is -2.31. The van der Waals surface area contributed by atoms with Crippen molar-refractivity contribution >= 4 is 29.4 Å². The highest BCUT2D eigenvalue weighted by atomic mass is 32.2. The molecule has 0 spiro atoms. The zero-order valence-corrected chi connectivity index (χ0v) is 15.8. The molecule has 0 bridgehead atoms. The minimum absolute atomic E-state index is 0.160. The molecule has 1 heterocycles. The van der Waals surface area contributed by atoms with Gasteiger partial charge in [-0.15, -0.1) is 23.5 Å². The molecule has 26 heavy (non-hydrogen) atoms. The molecule has 1 unspecified atom stereocenters. The minimum atomic E-state index is -0.681. The molecule has 1 atom stereocenters. The highest BCUT2D eigenvalue weighted by Gasteiger charge is 2.22. The van der Waals surface area contributed by atoms with Crippen LogP contribution in [0.2, 0.25) is 0 Å². The van der Waals surface area contributed by atoms with Gasteiger partial charge in [0.05, 0.1) is 10.6 Å². The summed E-state index contributed by atoms with van der Waals surface area (Å²) in [7, 11) is 0. The van der Waals surface area contributed by atoms with Crippen molar-refractivity contribution in [1.29, 1.82) is 0 Å². The van der Waals surface area contributed by atoms with Crippen molar-refractivity contribution in [3.05, 3.63) is 65.2 Å². The van der Waals surface area contributed by atoms with Crippen molar-refractivity contribution in [3.8, 4) is 5.75 Å². The zero-order chi connectivity index (χ0) is 18.5. The molecule has 3 nitrogen and oxygen atoms in total. The molecule has 1 amide bonds. The third-order valence-electron chi connectivity index (χ3n) is 3.96. The lowest BCUT2D eigenvalue weighted by Gasteiger charge is -2.17. The van der Waals surface area contributed by atoms with Crippen LogP contribution in [0.3, 0.4) is 0 Å². The molecule has 1 aliphatic rings. The molecule has 3 rings (SSSR count). The Bertz CT molecular complexity index is 782. The Kier molecular flexibility index (Phi) is 6.43. The van der Waals surface area contributed by atoms with Crippen LogP contribution in [-0.4, -0.2) is 24.0 Å². The summed E-state index contributed by atoms with van der Waals surface area (Å²) in [5.74, 6) is 1.21. The summed E-state index contributed by atoms with van der Waals surface area (Å²) in [6, 6.07) is 10.4. The normalized spacial score (nSPS) is 15.7. The van der Waals surface area contributed by atoms with E-state index in [1.807, 2.05) is 47.8 Å². The topological polar surface area (TPSA) is 38.3 Å². The Hall–Kier alpha value is -1.73. The number of rotatable bonds is 6. The number of benzene rings is 2. The molecule has 1 N–H and O–H groups in total. The van der Waals surface area contributed by atoms with Gasteiger partial charge < -0.3 is 10.1 Å². The minimum Gasteiger partial charge on any atom is -0.483 e. The number of carbonyl (C=O) groups excluding carboxylic acids is 1. The van der Waals surface area contributed by atoms with Crippen molar-refractivity contribution in [2.75, 3.05) is 18.1 Å². The molecule has 2 aromatic carbocycles. The molecule has 1 aliphatic heterocycles. The van der Waals surface area contributed by atoms with E-state index in [1.165, 1.54) is 12.1 Å². The number of hydrogen-bond donors (Lipinski definition) is 1. The molecule has 0 radical (unpaired) electrons. The second kappa shape index (κ2) is 8.77.